The fourth-order valence-corrected chi connectivity index (χ4v) is 5.09. The molecule has 2 atom stereocenters. The standard InChI is InChI=1S/C27H27N3O4/c31-25(17-34-27(33)21-14-19-10-7-11-20(15-21)26(19)32)28-24-16-23(18-8-3-1-4-9-18)29-30(24)22-12-5-2-6-13-22/h1-6,8-9,12-13,16,19-21H,7,10-11,14-15,17H2,(H,28,31). The fourth-order valence-electron chi connectivity index (χ4n) is 5.09. The second-order valence-electron chi connectivity index (χ2n) is 9.08. The zero-order valence-corrected chi connectivity index (χ0v) is 18.9. The number of benzene rings is 2. The molecule has 1 heterocycles. The molecule has 2 aliphatic carbocycles. The zero-order chi connectivity index (χ0) is 23.5. The quantitative estimate of drug-likeness (QED) is 0.554. The van der Waals surface area contributed by atoms with Crippen LogP contribution in [0.2, 0.25) is 0 Å². The summed E-state index contributed by atoms with van der Waals surface area (Å²) < 4.78 is 7.02. The van der Waals surface area contributed by atoms with E-state index in [1.165, 1.54) is 0 Å². The summed E-state index contributed by atoms with van der Waals surface area (Å²) in [4.78, 5) is 37.6. The van der Waals surface area contributed by atoms with Crippen molar-refractivity contribution in [1.29, 1.82) is 0 Å². The van der Waals surface area contributed by atoms with Crippen molar-refractivity contribution in [3.8, 4) is 16.9 Å². The first kappa shape index (κ1) is 22.1. The number of ketones is 1. The van der Waals surface area contributed by atoms with Gasteiger partial charge in [-0.1, -0.05) is 55.0 Å². The minimum absolute atomic E-state index is 0.0319. The molecule has 2 unspecified atom stereocenters. The minimum Gasteiger partial charge on any atom is -0.455 e. The van der Waals surface area contributed by atoms with Crippen molar-refractivity contribution in [2.75, 3.05) is 11.9 Å². The smallest absolute Gasteiger partial charge is 0.309 e. The van der Waals surface area contributed by atoms with E-state index < -0.39 is 5.91 Å². The Morgan fingerprint density at radius 2 is 1.62 bits per heavy atom. The maximum Gasteiger partial charge on any atom is 0.309 e. The number of ether oxygens (including phenoxy) is 1. The van der Waals surface area contributed by atoms with Crippen molar-refractivity contribution < 1.29 is 19.1 Å². The molecule has 0 spiro atoms. The third kappa shape index (κ3) is 4.64. The molecule has 2 fully saturated rings. The van der Waals surface area contributed by atoms with Crippen LogP contribution in [0.3, 0.4) is 0 Å². The average Bonchev–Trinajstić information content (AvgIpc) is 3.27. The second-order valence-corrected chi connectivity index (χ2v) is 9.08. The predicted octanol–water partition coefficient (Wildman–Crippen LogP) is 4.42. The van der Waals surface area contributed by atoms with Gasteiger partial charge in [-0.15, -0.1) is 0 Å². The lowest BCUT2D eigenvalue weighted by atomic mass is 9.67. The highest BCUT2D eigenvalue weighted by Gasteiger charge is 2.41. The van der Waals surface area contributed by atoms with Crippen LogP contribution >= 0.6 is 0 Å². The highest BCUT2D eigenvalue weighted by Crippen LogP contribution is 2.40. The molecule has 7 heteroatoms. The van der Waals surface area contributed by atoms with Gasteiger partial charge >= 0.3 is 5.97 Å². The topological polar surface area (TPSA) is 90.3 Å². The Morgan fingerprint density at radius 1 is 0.971 bits per heavy atom. The number of hydrogen-bond donors (Lipinski definition) is 1. The van der Waals surface area contributed by atoms with Gasteiger partial charge < -0.3 is 10.1 Å². The lowest BCUT2D eigenvalue weighted by molar-refractivity contribution is -0.155. The van der Waals surface area contributed by atoms with Gasteiger partial charge in [-0.25, -0.2) is 4.68 Å². The van der Waals surface area contributed by atoms with E-state index in [1.807, 2.05) is 60.7 Å². The average molecular weight is 458 g/mol. The van der Waals surface area contributed by atoms with E-state index in [-0.39, 0.29) is 30.3 Å². The molecule has 1 aromatic heterocycles. The first-order valence-electron chi connectivity index (χ1n) is 11.8. The Morgan fingerprint density at radius 3 is 2.29 bits per heavy atom. The predicted molar refractivity (Wildman–Crippen MR) is 127 cm³/mol. The molecule has 7 nitrogen and oxygen atoms in total. The summed E-state index contributed by atoms with van der Waals surface area (Å²) in [5.74, 6) is -0.398. The van der Waals surface area contributed by atoms with Gasteiger partial charge in [0.2, 0.25) is 0 Å². The molecule has 2 aliphatic rings. The van der Waals surface area contributed by atoms with E-state index in [1.54, 1.807) is 10.7 Å². The molecule has 34 heavy (non-hydrogen) atoms. The molecule has 0 aliphatic heterocycles. The number of nitrogens with zero attached hydrogens (tertiary/aromatic N) is 2. The lowest BCUT2D eigenvalue weighted by Gasteiger charge is -2.36. The van der Waals surface area contributed by atoms with E-state index in [0.717, 1.165) is 36.2 Å². The number of esters is 1. The number of Topliss-reactive ketones (excluding diaryl/α,β-unsaturated/α-hetero) is 1. The second kappa shape index (κ2) is 9.63. The number of carbonyl (C=O) groups excluding carboxylic acids is 3. The highest BCUT2D eigenvalue weighted by molar-refractivity contribution is 5.93. The molecule has 0 radical (unpaired) electrons. The first-order chi connectivity index (χ1) is 16.6. The number of fused-ring (bicyclic) bond motifs is 2. The number of carbonyl (C=O) groups is 3. The van der Waals surface area contributed by atoms with Crippen LogP contribution < -0.4 is 5.32 Å². The molecular formula is C27H27N3O4. The summed E-state index contributed by atoms with van der Waals surface area (Å²) in [6.45, 7) is -0.376. The third-order valence-corrected chi connectivity index (χ3v) is 6.77. The maximum atomic E-state index is 12.7. The SMILES string of the molecule is O=C(COC(=O)C1CC2CCCC(C1)C2=O)Nc1cc(-c2ccccc2)nn1-c1ccccc1. The number of amides is 1. The van der Waals surface area contributed by atoms with Crippen molar-refractivity contribution in [3.05, 3.63) is 66.7 Å². The van der Waals surface area contributed by atoms with E-state index in [4.69, 9.17) is 4.74 Å². The molecule has 0 saturated heterocycles. The van der Waals surface area contributed by atoms with Crippen molar-refractivity contribution in [3.63, 3.8) is 0 Å². The van der Waals surface area contributed by atoms with Gasteiger partial charge in [-0.2, -0.15) is 5.10 Å². The molecule has 5 rings (SSSR count). The van der Waals surface area contributed by atoms with E-state index >= 15 is 0 Å². The molecule has 1 amide bonds. The maximum absolute atomic E-state index is 12.7. The van der Waals surface area contributed by atoms with Gasteiger partial charge in [0.25, 0.3) is 5.91 Å². The summed E-state index contributed by atoms with van der Waals surface area (Å²) in [6, 6.07) is 21.0. The Labute approximate surface area is 198 Å². The number of anilines is 1. The molecule has 2 aromatic carbocycles. The normalized spacial score (nSPS) is 21.6. The van der Waals surface area contributed by atoms with Gasteiger partial charge in [0.05, 0.1) is 17.3 Å². The summed E-state index contributed by atoms with van der Waals surface area (Å²) in [6.07, 6.45) is 3.83. The van der Waals surface area contributed by atoms with Crippen LogP contribution in [0.15, 0.2) is 66.7 Å². The number of aromatic nitrogens is 2. The van der Waals surface area contributed by atoms with Crippen LogP contribution in [-0.4, -0.2) is 34.0 Å². The molecule has 3 aromatic rings. The lowest BCUT2D eigenvalue weighted by Crippen LogP contribution is -2.40. The number of rotatable bonds is 6. The van der Waals surface area contributed by atoms with Crippen molar-refractivity contribution in [2.45, 2.75) is 32.1 Å². The molecule has 2 bridgehead atoms. The van der Waals surface area contributed by atoms with Crippen LogP contribution in [-0.2, 0) is 19.1 Å². The van der Waals surface area contributed by atoms with E-state index in [2.05, 4.69) is 10.4 Å². The van der Waals surface area contributed by atoms with Gasteiger partial charge in [-0.3, -0.25) is 14.4 Å². The Kier molecular flexibility index (Phi) is 6.25. The summed E-state index contributed by atoms with van der Waals surface area (Å²) in [5.41, 5.74) is 2.45. The largest absolute Gasteiger partial charge is 0.455 e. The van der Waals surface area contributed by atoms with E-state index in [9.17, 15) is 14.4 Å². The summed E-state index contributed by atoms with van der Waals surface area (Å²) in [7, 11) is 0. The van der Waals surface area contributed by atoms with Crippen LogP contribution in [0.4, 0.5) is 5.82 Å². The molecular weight excluding hydrogens is 430 g/mol. The Bertz CT molecular complexity index is 1170. The van der Waals surface area contributed by atoms with Crippen molar-refractivity contribution in [1.82, 2.24) is 9.78 Å². The first-order valence-corrected chi connectivity index (χ1v) is 11.8. The van der Waals surface area contributed by atoms with Crippen LogP contribution in [0.25, 0.3) is 16.9 Å². The highest BCUT2D eigenvalue weighted by atomic mass is 16.5. The van der Waals surface area contributed by atoms with Crippen LogP contribution in [0.5, 0.6) is 0 Å². The number of hydrogen-bond acceptors (Lipinski definition) is 5. The molecule has 174 valence electrons. The van der Waals surface area contributed by atoms with Crippen molar-refractivity contribution in [2.24, 2.45) is 17.8 Å². The van der Waals surface area contributed by atoms with Gasteiger partial charge in [0.15, 0.2) is 6.61 Å². The fraction of sp³-hybridized carbons (Fsp3) is 0.333. The Balaban J connectivity index is 1.26. The summed E-state index contributed by atoms with van der Waals surface area (Å²) >= 11 is 0. The Hall–Kier alpha value is -3.74. The van der Waals surface area contributed by atoms with Gasteiger partial charge in [0.1, 0.15) is 11.6 Å². The minimum atomic E-state index is -0.433. The number of para-hydroxylation sites is 1. The van der Waals surface area contributed by atoms with Crippen molar-refractivity contribution >= 4 is 23.5 Å². The third-order valence-electron chi connectivity index (χ3n) is 6.77. The van der Waals surface area contributed by atoms with Gasteiger partial charge in [-0.05, 0) is 37.8 Å². The van der Waals surface area contributed by atoms with Crippen LogP contribution in [0.1, 0.15) is 32.1 Å². The van der Waals surface area contributed by atoms with E-state index in [0.29, 0.717) is 24.4 Å². The monoisotopic (exact) mass is 457 g/mol. The number of nitrogens with one attached hydrogen (secondary N) is 1. The molecule has 2 saturated carbocycles. The summed E-state index contributed by atoms with van der Waals surface area (Å²) in [5, 5.41) is 7.51. The molecule has 1 N–H and O–H groups in total. The zero-order valence-electron chi connectivity index (χ0n) is 18.9. The van der Waals surface area contributed by atoms with Crippen LogP contribution in [0, 0.1) is 17.8 Å². The van der Waals surface area contributed by atoms with Gasteiger partial charge in [0, 0.05) is 23.5 Å².